The largest absolute Gasteiger partial charge is 0.388 e. The molecule has 12 heteroatoms. The molecule has 5 N–H and O–H groups in total. The maximum absolute atomic E-state index is 13.2. The van der Waals surface area contributed by atoms with Crippen LogP contribution in [0.1, 0.15) is 58.1 Å². The van der Waals surface area contributed by atoms with Crippen LogP contribution in [0, 0.1) is 5.92 Å². The van der Waals surface area contributed by atoms with Gasteiger partial charge in [0.05, 0.1) is 23.2 Å². The predicted octanol–water partition coefficient (Wildman–Crippen LogP) is 1.05. The molecule has 0 spiro atoms. The molecule has 2 fully saturated rings. The van der Waals surface area contributed by atoms with Gasteiger partial charge in [-0.05, 0) is 64.2 Å². The third kappa shape index (κ3) is 7.78. The second-order valence-corrected chi connectivity index (χ2v) is 11.6. The Balaban J connectivity index is 1.50. The lowest BCUT2D eigenvalue weighted by molar-refractivity contribution is -0.205. The summed E-state index contributed by atoms with van der Waals surface area (Å²) in [5.74, 6) is 0.329. The molecule has 0 aliphatic carbocycles. The van der Waals surface area contributed by atoms with Crippen LogP contribution in [-0.2, 0) is 22.5 Å². The summed E-state index contributed by atoms with van der Waals surface area (Å²) < 4.78 is 7.77. The summed E-state index contributed by atoms with van der Waals surface area (Å²) in [4.78, 5) is 13.2. The Labute approximate surface area is 222 Å². The number of carbonyl (C=O) groups excluding carboxylic acids is 1. The molecule has 2 saturated heterocycles. The van der Waals surface area contributed by atoms with Crippen LogP contribution in [0.2, 0.25) is 0 Å². The number of aryl methyl sites for hydroxylation is 2. The highest BCUT2D eigenvalue weighted by molar-refractivity contribution is 7.99. The van der Waals surface area contributed by atoms with Crippen molar-refractivity contribution in [3.63, 3.8) is 0 Å². The number of aliphatic hydroxyl groups excluding tert-OH is 3. The van der Waals surface area contributed by atoms with E-state index < -0.39 is 41.3 Å². The van der Waals surface area contributed by atoms with Crippen molar-refractivity contribution < 1.29 is 24.9 Å². The van der Waals surface area contributed by atoms with Crippen molar-refractivity contribution in [2.45, 2.75) is 113 Å². The van der Waals surface area contributed by atoms with Gasteiger partial charge in [-0.25, -0.2) is 0 Å². The van der Waals surface area contributed by atoms with E-state index in [9.17, 15) is 20.1 Å². The summed E-state index contributed by atoms with van der Waals surface area (Å²) in [6.45, 7) is 5.44. The van der Waals surface area contributed by atoms with Crippen LogP contribution in [0.5, 0.6) is 0 Å². The Hall–Kier alpha value is -0.950. The van der Waals surface area contributed by atoms with E-state index in [-0.39, 0.29) is 11.9 Å². The SMILES string of the molecule is CCCc1cn(CCC[C@@H]2CCN[C@H](C(=O)N[C@@H]([C@H]3O[C@H](SC)[C@H](O)[C@@H](O)[C@H]3O)[C@H](C)Cl)CC2)nn1. The fourth-order valence-electron chi connectivity index (χ4n) is 5.07. The average Bonchev–Trinajstić information content (AvgIpc) is 3.16. The second kappa shape index (κ2) is 14.3. The number of nitrogens with zero attached hydrogens (tertiary/aromatic N) is 3. The minimum Gasteiger partial charge on any atom is -0.388 e. The van der Waals surface area contributed by atoms with Gasteiger partial charge in [-0.1, -0.05) is 18.6 Å². The van der Waals surface area contributed by atoms with E-state index in [1.807, 2.05) is 10.9 Å². The summed E-state index contributed by atoms with van der Waals surface area (Å²) in [7, 11) is 0. The number of alkyl halides is 1. The van der Waals surface area contributed by atoms with Crippen molar-refractivity contribution in [2.75, 3.05) is 12.8 Å². The van der Waals surface area contributed by atoms with Gasteiger partial charge in [-0.2, -0.15) is 0 Å². The molecule has 1 aromatic rings. The van der Waals surface area contributed by atoms with Crippen LogP contribution < -0.4 is 10.6 Å². The standard InChI is InChI=1S/C24H42ClN5O5S/c1-4-6-16-13-30(29-28-16)12-5-7-15-8-9-17(26-11-10-15)23(34)27-18(14(2)25)22-20(32)19(31)21(33)24(35-22)36-3/h13-15,17-22,24,26,31-33H,4-12H2,1-3H3,(H,27,34)/t14-,15-,17-,18+,19-,20+,21+,22+,24+/m0/s1. The van der Waals surface area contributed by atoms with Crippen molar-refractivity contribution in [3.8, 4) is 0 Å². The van der Waals surface area contributed by atoms with Gasteiger partial charge >= 0.3 is 0 Å². The molecule has 36 heavy (non-hydrogen) atoms. The molecule has 0 saturated carbocycles. The topological polar surface area (TPSA) is 142 Å². The lowest BCUT2D eigenvalue weighted by Gasteiger charge is -2.44. The number of hydrogen-bond acceptors (Lipinski definition) is 9. The molecule has 3 rings (SSSR count). The maximum atomic E-state index is 13.2. The number of rotatable bonds is 11. The smallest absolute Gasteiger partial charge is 0.237 e. The van der Waals surface area contributed by atoms with Crippen LogP contribution in [0.4, 0.5) is 0 Å². The van der Waals surface area contributed by atoms with Crippen molar-refractivity contribution in [1.82, 2.24) is 25.6 Å². The first kappa shape index (κ1) is 29.6. The molecular weight excluding hydrogens is 506 g/mol. The normalized spacial score (nSPS) is 33.0. The number of aromatic nitrogens is 3. The number of hydrogen-bond donors (Lipinski definition) is 5. The highest BCUT2D eigenvalue weighted by Gasteiger charge is 2.48. The molecule has 0 radical (unpaired) electrons. The van der Waals surface area contributed by atoms with Crippen LogP contribution in [0.3, 0.4) is 0 Å². The van der Waals surface area contributed by atoms with Crippen LogP contribution in [0.25, 0.3) is 0 Å². The van der Waals surface area contributed by atoms with E-state index in [1.54, 1.807) is 13.2 Å². The second-order valence-electron chi connectivity index (χ2n) is 9.99. The van der Waals surface area contributed by atoms with Gasteiger partial charge in [0.25, 0.3) is 0 Å². The first-order chi connectivity index (χ1) is 17.2. The van der Waals surface area contributed by atoms with Gasteiger partial charge in [0.15, 0.2) is 0 Å². The summed E-state index contributed by atoms with van der Waals surface area (Å²) in [6, 6.07) is -1.10. The molecule has 1 aromatic heterocycles. The van der Waals surface area contributed by atoms with Crippen molar-refractivity contribution in [3.05, 3.63) is 11.9 Å². The van der Waals surface area contributed by atoms with E-state index in [0.29, 0.717) is 12.3 Å². The molecule has 206 valence electrons. The van der Waals surface area contributed by atoms with Crippen molar-refractivity contribution in [1.29, 1.82) is 0 Å². The maximum Gasteiger partial charge on any atom is 0.237 e. The Morgan fingerprint density at radius 3 is 2.78 bits per heavy atom. The van der Waals surface area contributed by atoms with E-state index >= 15 is 0 Å². The summed E-state index contributed by atoms with van der Waals surface area (Å²) in [6.07, 6.45) is 5.59. The van der Waals surface area contributed by atoms with Gasteiger partial charge in [0.1, 0.15) is 29.9 Å². The van der Waals surface area contributed by atoms with Gasteiger partial charge in [0, 0.05) is 12.7 Å². The molecule has 9 atom stereocenters. The highest BCUT2D eigenvalue weighted by Crippen LogP contribution is 2.30. The molecule has 10 nitrogen and oxygen atoms in total. The molecule has 3 heterocycles. The molecule has 2 aliphatic rings. The van der Waals surface area contributed by atoms with Crippen molar-refractivity contribution >= 4 is 29.3 Å². The quantitative estimate of drug-likeness (QED) is 0.257. The number of thioether (sulfide) groups is 1. The number of nitrogens with one attached hydrogen (secondary N) is 2. The van der Waals surface area contributed by atoms with Crippen LogP contribution in [0.15, 0.2) is 6.20 Å². The predicted molar refractivity (Wildman–Crippen MR) is 140 cm³/mol. The first-order valence-electron chi connectivity index (χ1n) is 13.0. The van der Waals surface area contributed by atoms with Gasteiger partial charge in [-0.3, -0.25) is 9.48 Å². The Bertz CT molecular complexity index is 816. The number of aliphatic hydroxyl groups is 3. The summed E-state index contributed by atoms with van der Waals surface area (Å²) in [5.41, 5.74) is 0.311. The number of halogens is 1. The number of ether oxygens (including phenoxy) is 1. The summed E-state index contributed by atoms with van der Waals surface area (Å²) in [5, 5.41) is 45.1. The number of amides is 1. The van der Waals surface area contributed by atoms with Crippen LogP contribution in [-0.4, -0.2) is 96.3 Å². The minimum absolute atomic E-state index is 0.198. The van der Waals surface area contributed by atoms with E-state index in [2.05, 4.69) is 27.9 Å². The third-order valence-corrected chi connectivity index (χ3v) is 8.34. The zero-order valence-electron chi connectivity index (χ0n) is 21.4. The Kier molecular flexibility index (Phi) is 11.7. The lowest BCUT2D eigenvalue weighted by Crippen LogP contribution is -2.65. The lowest BCUT2D eigenvalue weighted by atomic mass is 9.92. The zero-order valence-corrected chi connectivity index (χ0v) is 23.0. The van der Waals surface area contributed by atoms with Gasteiger partial charge < -0.3 is 30.7 Å². The summed E-state index contributed by atoms with van der Waals surface area (Å²) >= 11 is 7.62. The molecule has 0 bridgehead atoms. The highest BCUT2D eigenvalue weighted by atomic mass is 35.5. The molecule has 2 aliphatic heterocycles. The van der Waals surface area contributed by atoms with E-state index in [1.165, 1.54) is 11.8 Å². The van der Waals surface area contributed by atoms with E-state index in [0.717, 1.165) is 57.3 Å². The minimum atomic E-state index is -1.39. The molecule has 0 aromatic carbocycles. The average molecular weight is 548 g/mol. The molecule has 0 unspecified atom stereocenters. The Morgan fingerprint density at radius 1 is 1.31 bits per heavy atom. The zero-order chi connectivity index (χ0) is 26.2. The fourth-order valence-corrected chi connectivity index (χ4v) is 5.96. The molecule has 1 amide bonds. The third-order valence-electron chi connectivity index (χ3n) is 7.21. The number of carbonyl (C=O) groups is 1. The molecular formula is C24H42ClN5O5S. The monoisotopic (exact) mass is 547 g/mol. The van der Waals surface area contributed by atoms with Gasteiger partial charge in [0.2, 0.25) is 5.91 Å². The fraction of sp³-hybridized carbons (Fsp3) is 0.875. The van der Waals surface area contributed by atoms with Gasteiger partial charge in [-0.15, -0.1) is 28.5 Å². The Morgan fingerprint density at radius 2 is 2.08 bits per heavy atom. The first-order valence-corrected chi connectivity index (χ1v) is 14.8. The van der Waals surface area contributed by atoms with Crippen LogP contribution >= 0.6 is 23.4 Å². The van der Waals surface area contributed by atoms with E-state index in [4.69, 9.17) is 16.3 Å². The van der Waals surface area contributed by atoms with Crippen molar-refractivity contribution in [2.24, 2.45) is 5.92 Å².